The third-order valence-corrected chi connectivity index (χ3v) is 2.62. The van der Waals surface area contributed by atoms with Gasteiger partial charge in [-0.2, -0.15) is 0 Å². The van der Waals surface area contributed by atoms with Crippen molar-refractivity contribution in [1.82, 2.24) is 0 Å². The standard InChI is InChI=1S/C12H15NO2/c1-8-10-4-2-3-5-11(10)15-12(8)6-9(13)7-14/h2-5,9,14H,6-7,13H2,1H3. The van der Waals surface area contributed by atoms with Gasteiger partial charge < -0.3 is 15.3 Å². The summed E-state index contributed by atoms with van der Waals surface area (Å²) in [6, 6.07) is 7.66. The smallest absolute Gasteiger partial charge is 0.134 e. The number of furan rings is 1. The van der Waals surface area contributed by atoms with Crippen LogP contribution in [0, 0.1) is 6.92 Å². The first-order valence-electron chi connectivity index (χ1n) is 5.06. The maximum Gasteiger partial charge on any atom is 0.134 e. The number of aliphatic hydroxyl groups excluding tert-OH is 1. The van der Waals surface area contributed by atoms with Crippen molar-refractivity contribution < 1.29 is 9.52 Å². The maximum absolute atomic E-state index is 8.90. The van der Waals surface area contributed by atoms with Crippen molar-refractivity contribution in [1.29, 1.82) is 0 Å². The summed E-state index contributed by atoms with van der Waals surface area (Å²) in [5.41, 5.74) is 7.69. The second-order valence-electron chi connectivity index (χ2n) is 3.79. The topological polar surface area (TPSA) is 59.4 Å². The minimum Gasteiger partial charge on any atom is -0.461 e. The van der Waals surface area contributed by atoms with Gasteiger partial charge in [0.2, 0.25) is 0 Å². The summed E-state index contributed by atoms with van der Waals surface area (Å²) < 4.78 is 5.68. The highest BCUT2D eigenvalue weighted by Crippen LogP contribution is 2.25. The second kappa shape index (κ2) is 4.04. The highest BCUT2D eigenvalue weighted by molar-refractivity contribution is 5.81. The molecule has 1 aromatic carbocycles. The second-order valence-corrected chi connectivity index (χ2v) is 3.79. The zero-order valence-corrected chi connectivity index (χ0v) is 8.73. The van der Waals surface area contributed by atoms with Crippen LogP contribution in [0.2, 0.25) is 0 Å². The normalized spacial score (nSPS) is 13.3. The molecule has 15 heavy (non-hydrogen) atoms. The Morgan fingerprint density at radius 3 is 2.80 bits per heavy atom. The molecule has 2 rings (SSSR count). The van der Waals surface area contributed by atoms with Gasteiger partial charge in [0.1, 0.15) is 11.3 Å². The Hall–Kier alpha value is -1.32. The van der Waals surface area contributed by atoms with Crippen LogP contribution in [0.4, 0.5) is 0 Å². The predicted molar refractivity (Wildman–Crippen MR) is 59.7 cm³/mol. The summed E-state index contributed by atoms with van der Waals surface area (Å²) >= 11 is 0. The van der Waals surface area contributed by atoms with E-state index in [4.69, 9.17) is 15.3 Å². The lowest BCUT2D eigenvalue weighted by Gasteiger charge is -2.05. The lowest BCUT2D eigenvalue weighted by molar-refractivity contribution is 0.260. The van der Waals surface area contributed by atoms with Crippen LogP contribution in [0.25, 0.3) is 11.0 Å². The van der Waals surface area contributed by atoms with Crippen molar-refractivity contribution in [2.45, 2.75) is 19.4 Å². The number of nitrogens with two attached hydrogens (primary N) is 1. The molecule has 3 nitrogen and oxygen atoms in total. The SMILES string of the molecule is Cc1c(CC(N)CO)oc2ccccc12. The maximum atomic E-state index is 8.90. The fourth-order valence-electron chi connectivity index (χ4n) is 1.72. The summed E-state index contributed by atoms with van der Waals surface area (Å²) in [4.78, 5) is 0. The van der Waals surface area contributed by atoms with E-state index in [0.717, 1.165) is 22.3 Å². The summed E-state index contributed by atoms with van der Waals surface area (Å²) in [5.74, 6) is 0.873. The number of aryl methyl sites for hydroxylation is 1. The minimum atomic E-state index is -0.246. The van der Waals surface area contributed by atoms with Gasteiger partial charge in [-0.25, -0.2) is 0 Å². The van der Waals surface area contributed by atoms with Crippen LogP contribution in [0.15, 0.2) is 28.7 Å². The summed E-state index contributed by atoms with van der Waals surface area (Å²) in [6.45, 7) is 2.00. The highest BCUT2D eigenvalue weighted by atomic mass is 16.3. The molecular weight excluding hydrogens is 190 g/mol. The highest BCUT2D eigenvalue weighted by Gasteiger charge is 2.12. The molecule has 0 aliphatic carbocycles. The molecule has 0 fully saturated rings. The van der Waals surface area contributed by atoms with Crippen LogP contribution >= 0.6 is 0 Å². The van der Waals surface area contributed by atoms with E-state index < -0.39 is 0 Å². The number of para-hydroxylation sites is 1. The molecule has 0 saturated heterocycles. The van der Waals surface area contributed by atoms with Crippen LogP contribution in [0.3, 0.4) is 0 Å². The summed E-state index contributed by atoms with van der Waals surface area (Å²) in [7, 11) is 0. The molecule has 0 radical (unpaired) electrons. The largest absolute Gasteiger partial charge is 0.461 e. The molecule has 0 amide bonds. The number of benzene rings is 1. The van der Waals surface area contributed by atoms with Crippen LogP contribution in [-0.2, 0) is 6.42 Å². The lowest BCUT2D eigenvalue weighted by Crippen LogP contribution is -2.26. The average Bonchev–Trinajstić information content (AvgIpc) is 2.57. The van der Waals surface area contributed by atoms with Gasteiger partial charge in [0.05, 0.1) is 6.61 Å². The molecular formula is C12H15NO2. The van der Waals surface area contributed by atoms with E-state index >= 15 is 0 Å². The van der Waals surface area contributed by atoms with Crippen molar-refractivity contribution in [2.24, 2.45) is 5.73 Å². The number of rotatable bonds is 3. The van der Waals surface area contributed by atoms with Gasteiger partial charge in [0.25, 0.3) is 0 Å². The first kappa shape index (κ1) is 10.2. The van der Waals surface area contributed by atoms with Crippen LogP contribution < -0.4 is 5.73 Å². The van der Waals surface area contributed by atoms with Crippen molar-refractivity contribution in [2.75, 3.05) is 6.61 Å². The molecule has 1 heterocycles. The van der Waals surface area contributed by atoms with Gasteiger partial charge in [0, 0.05) is 17.8 Å². The number of aliphatic hydroxyl groups is 1. The fraction of sp³-hybridized carbons (Fsp3) is 0.333. The molecule has 0 aliphatic heterocycles. The molecule has 1 aromatic heterocycles. The van der Waals surface area contributed by atoms with Gasteiger partial charge in [-0.1, -0.05) is 18.2 Å². The molecule has 0 aliphatic rings. The van der Waals surface area contributed by atoms with Crippen LogP contribution in [0.1, 0.15) is 11.3 Å². The molecule has 0 saturated carbocycles. The quantitative estimate of drug-likeness (QED) is 0.800. The number of fused-ring (bicyclic) bond motifs is 1. The Morgan fingerprint density at radius 2 is 2.13 bits per heavy atom. The first-order chi connectivity index (χ1) is 7.22. The first-order valence-corrected chi connectivity index (χ1v) is 5.06. The predicted octanol–water partition coefficient (Wildman–Crippen LogP) is 1.60. The number of hydrogen-bond donors (Lipinski definition) is 2. The number of hydrogen-bond acceptors (Lipinski definition) is 3. The van der Waals surface area contributed by atoms with E-state index in [9.17, 15) is 0 Å². The molecule has 3 N–H and O–H groups in total. The van der Waals surface area contributed by atoms with Gasteiger partial charge in [0.15, 0.2) is 0 Å². The Bertz CT molecular complexity index is 462. The van der Waals surface area contributed by atoms with E-state index in [1.807, 2.05) is 31.2 Å². The van der Waals surface area contributed by atoms with Gasteiger partial charge in [-0.05, 0) is 18.6 Å². The Balaban J connectivity index is 2.40. The van der Waals surface area contributed by atoms with Crippen LogP contribution in [0.5, 0.6) is 0 Å². The Morgan fingerprint density at radius 1 is 1.40 bits per heavy atom. The van der Waals surface area contributed by atoms with E-state index in [0.29, 0.717) is 6.42 Å². The minimum absolute atomic E-state index is 0.0174. The molecule has 80 valence electrons. The van der Waals surface area contributed by atoms with Gasteiger partial charge >= 0.3 is 0 Å². The van der Waals surface area contributed by atoms with E-state index in [1.54, 1.807) is 0 Å². The van der Waals surface area contributed by atoms with Gasteiger partial charge in [-0.15, -0.1) is 0 Å². The monoisotopic (exact) mass is 205 g/mol. The van der Waals surface area contributed by atoms with E-state index in [1.165, 1.54) is 0 Å². The fourth-order valence-corrected chi connectivity index (χ4v) is 1.72. The Labute approximate surface area is 88.5 Å². The van der Waals surface area contributed by atoms with Crippen molar-refractivity contribution >= 4 is 11.0 Å². The summed E-state index contributed by atoms with van der Waals surface area (Å²) in [5, 5.41) is 10.0. The molecule has 3 heteroatoms. The molecule has 1 unspecified atom stereocenters. The zero-order chi connectivity index (χ0) is 10.8. The van der Waals surface area contributed by atoms with E-state index in [-0.39, 0.29) is 12.6 Å². The molecule has 0 spiro atoms. The summed E-state index contributed by atoms with van der Waals surface area (Å²) in [6.07, 6.45) is 0.580. The average molecular weight is 205 g/mol. The van der Waals surface area contributed by atoms with Gasteiger partial charge in [-0.3, -0.25) is 0 Å². The third-order valence-electron chi connectivity index (χ3n) is 2.62. The van der Waals surface area contributed by atoms with Crippen molar-refractivity contribution in [3.8, 4) is 0 Å². The van der Waals surface area contributed by atoms with Crippen molar-refractivity contribution in [3.63, 3.8) is 0 Å². The molecule has 1 atom stereocenters. The Kier molecular flexibility index (Phi) is 2.75. The van der Waals surface area contributed by atoms with E-state index in [2.05, 4.69) is 0 Å². The molecule has 2 aromatic rings. The lowest BCUT2D eigenvalue weighted by atomic mass is 10.1. The van der Waals surface area contributed by atoms with Crippen molar-refractivity contribution in [3.05, 3.63) is 35.6 Å². The van der Waals surface area contributed by atoms with Crippen LogP contribution in [-0.4, -0.2) is 17.8 Å². The zero-order valence-electron chi connectivity index (χ0n) is 8.73. The molecule has 0 bridgehead atoms. The third kappa shape index (κ3) is 1.89.